The largest absolute Gasteiger partial charge is 0.508 e. The number of carboxylic acids is 1. The molecule has 0 unspecified atom stereocenters. The number of phenols is 1. The summed E-state index contributed by atoms with van der Waals surface area (Å²) < 4.78 is 0. The molecular formula is C13H16O3. The third kappa shape index (κ3) is 2.18. The van der Waals surface area contributed by atoms with E-state index < -0.39 is 5.97 Å². The fraction of sp³-hybridized carbons (Fsp3) is 0.462. The van der Waals surface area contributed by atoms with Crippen LogP contribution in [0.3, 0.4) is 0 Å². The summed E-state index contributed by atoms with van der Waals surface area (Å²) in [6, 6.07) is 3.72. The van der Waals surface area contributed by atoms with Crippen LogP contribution < -0.4 is 0 Å². The van der Waals surface area contributed by atoms with Crippen molar-refractivity contribution in [3.63, 3.8) is 0 Å². The van der Waals surface area contributed by atoms with Crippen molar-refractivity contribution in [1.82, 2.24) is 0 Å². The first kappa shape index (κ1) is 11.0. The Balaban J connectivity index is 2.13. The molecule has 3 heteroatoms. The molecule has 1 aliphatic carbocycles. The highest BCUT2D eigenvalue weighted by Crippen LogP contribution is 2.32. The number of aliphatic carboxylic acids is 1. The maximum Gasteiger partial charge on any atom is 0.303 e. The molecule has 86 valence electrons. The van der Waals surface area contributed by atoms with Crippen LogP contribution in [0.25, 0.3) is 0 Å². The van der Waals surface area contributed by atoms with E-state index in [1.807, 2.05) is 6.07 Å². The van der Waals surface area contributed by atoms with E-state index >= 15 is 0 Å². The minimum Gasteiger partial charge on any atom is -0.508 e. The molecule has 2 N–H and O–H groups in total. The molecule has 1 aliphatic rings. The lowest BCUT2D eigenvalue weighted by atomic mass is 9.98. The van der Waals surface area contributed by atoms with E-state index in [-0.39, 0.29) is 6.42 Å². The summed E-state index contributed by atoms with van der Waals surface area (Å²) in [5.74, 6) is -0.446. The van der Waals surface area contributed by atoms with E-state index in [1.54, 1.807) is 6.07 Å². The molecule has 16 heavy (non-hydrogen) atoms. The second-order valence-electron chi connectivity index (χ2n) is 4.30. The number of benzene rings is 1. The second-order valence-corrected chi connectivity index (χ2v) is 4.30. The number of phenolic OH excluding ortho intramolecular Hbond substituents is 1. The molecule has 2 rings (SSSR count). The van der Waals surface area contributed by atoms with Crippen LogP contribution in [0.5, 0.6) is 5.75 Å². The maximum absolute atomic E-state index is 10.4. The van der Waals surface area contributed by atoms with Gasteiger partial charge in [0.2, 0.25) is 0 Å². The van der Waals surface area contributed by atoms with Crippen LogP contribution in [0.4, 0.5) is 0 Å². The van der Waals surface area contributed by atoms with E-state index in [0.29, 0.717) is 18.6 Å². The predicted octanol–water partition coefficient (Wildman–Crippen LogP) is 2.29. The summed E-state index contributed by atoms with van der Waals surface area (Å²) >= 11 is 0. The standard InChI is InChI=1S/C13H16O3/c14-12-8-7-9-3-1-4-10(9)11(12)5-2-6-13(15)16/h7-8,14H,1-6H2,(H,15,16). The summed E-state index contributed by atoms with van der Waals surface area (Å²) in [6.45, 7) is 0. The van der Waals surface area contributed by atoms with Crippen molar-refractivity contribution >= 4 is 5.97 Å². The molecule has 0 saturated heterocycles. The Morgan fingerprint density at radius 3 is 2.88 bits per heavy atom. The summed E-state index contributed by atoms with van der Waals surface area (Å²) in [6.07, 6.45) is 4.68. The molecule has 1 aromatic rings. The quantitative estimate of drug-likeness (QED) is 0.818. The number of aromatic hydroxyl groups is 1. The van der Waals surface area contributed by atoms with Crippen LogP contribution in [0.2, 0.25) is 0 Å². The topological polar surface area (TPSA) is 57.5 Å². The number of rotatable bonds is 4. The van der Waals surface area contributed by atoms with Crippen molar-refractivity contribution < 1.29 is 15.0 Å². The highest BCUT2D eigenvalue weighted by atomic mass is 16.4. The van der Waals surface area contributed by atoms with Gasteiger partial charge in [-0.25, -0.2) is 0 Å². The van der Waals surface area contributed by atoms with Gasteiger partial charge in [-0.05, 0) is 54.9 Å². The molecule has 0 spiro atoms. The molecule has 0 aromatic heterocycles. The van der Waals surface area contributed by atoms with Gasteiger partial charge in [0.15, 0.2) is 0 Å². The molecule has 0 heterocycles. The number of hydrogen-bond acceptors (Lipinski definition) is 2. The molecule has 0 fully saturated rings. The van der Waals surface area contributed by atoms with E-state index in [2.05, 4.69) is 0 Å². The number of hydrogen-bond donors (Lipinski definition) is 2. The summed E-state index contributed by atoms with van der Waals surface area (Å²) in [4.78, 5) is 10.4. The van der Waals surface area contributed by atoms with Gasteiger partial charge < -0.3 is 10.2 Å². The zero-order valence-corrected chi connectivity index (χ0v) is 9.20. The number of aryl methyl sites for hydroxylation is 1. The van der Waals surface area contributed by atoms with Gasteiger partial charge in [0.1, 0.15) is 5.75 Å². The number of carboxylic acid groups (broad SMARTS) is 1. The van der Waals surface area contributed by atoms with Crippen LogP contribution in [0.15, 0.2) is 12.1 Å². The van der Waals surface area contributed by atoms with E-state index in [4.69, 9.17) is 5.11 Å². The van der Waals surface area contributed by atoms with Crippen LogP contribution in [-0.2, 0) is 24.1 Å². The lowest BCUT2D eigenvalue weighted by Crippen LogP contribution is -1.99. The van der Waals surface area contributed by atoms with Gasteiger partial charge >= 0.3 is 5.97 Å². The van der Waals surface area contributed by atoms with Gasteiger partial charge in [-0.1, -0.05) is 6.07 Å². The van der Waals surface area contributed by atoms with Crippen molar-refractivity contribution in [3.05, 3.63) is 28.8 Å². The molecule has 1 aromatic carbocycles. The summed E-state index contributed by atoms with van der Waals surface area (Å²) in [5.41, 5.74) is 3.55. The molecule has 3 nitrogen and oxygen atoms in total. The SMILES string of the molecule is O=C(O)CCCc1c(O)ccc2c1CCC2. The average molecular weight is 220 g/mol. The Labute approximate surface area is 94.7 Å². The molecule has 0 amide bonds. The fourth-order valence-corrected chi connectivity index (χ4v) is 2.43. The Kier molecular flexibility index (Phi) is 3.13. The Morgan fingerprint density at radius 2 is 2.12 bits per heavy atom. The summed E-state index contributed by atoms with van der Waals surface area (Å²) in [5, 5.41) is 18.4. The third-order valence-electron chi connectivity index (χ3n) is 3.19. The zero-order chi connectivity index (χ0) is 11.5. The summed E-state index contributed by atoms with van der Waals surface area (Å²) in [7, 11) is 0. The van der Waals surface area contributed by atoms with Gasteiger partial charge in [-0.3, -0.25) is 4.79 Å². The van der Waals surface area contributed by atoms with Gasteiger partial charge in [0, 0.05) is 6.42 Å². The van der Waals surface area contributed by atoms with E-state index in [0.717, 1.165) is 24.8 Å². The predicted molar refractivity (Wildman–Crippen MR) is 60.7 cm³/mol. The smallest absolute Gasteiger partial charge is 0.303 e. The first-order valence-electron chi connectivity index (χ1n) is 5.73. The Bertz CT molecular complexity index is 410. The van der Waals surface area contributed by atoms with Gasteiger partial charge in [0.05, 0.1) is 0 Å². The van der Waals surface area contributed by atoms with Crippen LogP contribution in [0.1, 0.15) is 36.0 Å². The molecule has 0 radical (unpaired) electrons. The highest BCUT2D eigenvalue weighted by molar-refractivity contribution is 5.66. The molecule has 0 bridgehead atoms. The normalized spacial score (nSPS) is 13.8. The lowest BCUT2D eigenvalue weighted by Gasteiger charge is -2.10. The third-order valence-corrected chi connectivity index (χ3v) is 3.19. The Morgan fingerprint density at radius 1 is 1.31 bits per heavy atom. The zero-order valence-electron chi connectivity index (χ0n) is 9.20. The van der Waals surface area contributed by atoms with Gasteiger partial charge in [-0.2, -0.15) is 0 Å². The average Bonchev–Trinajstić information content (AvgIpc) is 2.69. The molecular weight excluding hydrogens is 204 g/mol. The number of fused-ring (bicyclic) bond motifs is 1. The van der Waals surface area contributed by atoms with Crippen LogP contribution >= 0.6 is 0 Å². The van der Waals surface area contributed by atoms with Crippen molar-refractivity contribution in [2.45, 2.75) is 38.5 Å². The van der Waals surface area contributed by atoms with Crippen molar-refractivity contribution in [2.75, 3.05) is 0 Å². The van der Waals surface area contributed by atoms with E-state index in [1.165, 1.54) is 11.1 Å². The maximum atomic E-state index is 10.4. The number of carbonyl (C=O) groups is 1. The fourth-order valence-electron chi connectivity index (χ4n) is 2.43. The lowest BCUT2D eigenvalue weighted by molar-refractivity contribution is -0.137. The minimum atomic E-state index is -0.771. The monoisotopic (exact) mass is 220 g/mol. The van der Waals surface area contributed by atoms with Crippen LogP contribution in [0, 0.1) is 0 Å². The molecule has 0 atom stereocenters. The molecule has 0 saturated carbocycles. The Hall–Kier alpha value is -1.51. The van der Waals surface area contributed by atoms with Crippen molar-refractivity contribution in [1.29, 1.82) is 0 Å². The van der Waals surface area contributed by atoms with Gasteiger partial charge in [0.25, 0.3) is 0 Å². The first-order chi connectivity index (χ1) is 7.68. The highest BCUT2D eigenvalue weighted by Gasteiger charge is 2.17. The first-order valence-corrected chi connectivity index (χ1v) is 5.73. The molecule has 0 aliphatic heterocycles. The van der Waals surface area contributed by atoms with Crippen molar-refractivity contribution in [3.8, 4) is 5.75 Å². The van der Waals surface area contributed by atoms with Gasteiger partial charge in [-0.15, -0.1) is 0 Å². The minimum absolute atomic E-state index is 0.170. The van der Waals surface area contributed by atoms with Crippen molar-refractivity contribution in [2.24, 2.45) is 0 Å². The van der Waals surface area contributed by atoms with E-state index in [9.17, 15) is 9.90 Å². The second kappa shape index (κ2) is 4.56. The van der Waals surface area contributed by atoms with Crippen LogP contribution in [-0.4, -0.2) is 16.2 Å².